The predicted molar refractivity (Wildman–Crippen MR) is 88.9 cm³/mol. The lowest BCUT2D eigenvalue weighted by molar-refractivity contribution is -0.139. The fourth-order valence-electron chi connectivity index (χ4n) is 2.37. The van der Waals surface area contributed by atoms with Crippen LogP contribution in [0.3, 0.4) is 0 Å². The zero-order valence-corrected chi connectivity index (χ0v) is 14.0. The van der Waals surface area contributed by atoms with Crippen LogP contribution in [-0.4, -0.2) is 27.7 Å². The number of fused-ring (bicyclic) bond motifs is 1. The van der Waals surface area contributed by atoms with Gasteiger partial charge in [0.25, 0.3) is 0 Å². The number of carbonyl (C=O) groups excluding carboxylic acids is 1. The third-order valence-corrected chi connectivity index (χ3v) is 4.20. The van der Waals surface area contributed by atoms with Crippen LogP contribution in [0.5, 0.6) is 0 Å². The third-order valence-electron chi connectivity index (χ3n) is 3.57. The van der Waals surface area contributed by atoms with E-state index in [1.807, 2.05) is 18.2 Å². The van der Waals surface area contributed by atoms with Crippen molar-refractivity contribution in [3.8, 4) is 11.1 Å². The number of hydrogen-bond acceptors (Lipinski definition) is 4. The van der Waals surface area contributed by atoms with Gasteiger partial charge in [-0.1, -0.05) is 35.3 Å². The zero-order valence-electron chi connectivity index (χ0n) is 12.5. The van der Waals surface area contributed by atoms with E-state index in [1.54, 1.807) is 19.2 Å². The summed E-state index contributed by atoms with van der Waals surface area (Å²) in [5, 5.41) is 5.27. The molecule has 0 aliphatic rings. The van der Waals surface area contributed by atoms with Crippen molar-refractivity contribution in [3.63, 3.8) is 0 Å². The van der Waals surface area contributed by atoms with Crippen LogP contribution in [0.15, 0.2) is 30.5 Å². The van der Waals surface area contributed by atoms with Gasteiger partial charge >= 0.3 is 5.97 Å². The Bertz CT molecular complexity index is 906. The molecule has 0 unspecified atom stereocenters. The summed E-state index contributed by atoms with van der Waals surface area (Å²) in [4.78, 5) is 16.1. The first-order valence-corrected chi connectivity index (χ1v) is 7.62. The summed E-state index contributed by atoms with van der Waals surface area (Å²) < 4.78 is 6.21. The van der Waals surface area contributed by atoms with Crippen LogP contribution in [0.1, 0.15) is 11.3 Å². The topological polar surface area (TPSA) is 56.5 Å². The number of halogens is 2. The molecule has 1 aromatic carbocycles. The molecule has 0 saturated carbocycles. The van der Waals surface area contributed by atoms with Gasteiger partial charge in [-0.15, -0.1) is 0 Å². The fraction of sp³-hybridized carbons (Fsp3) is 0.188. The smallest absolute Gasteiger partial charge is 0.310 e. The molecule has 0 bridgehead atoms. The van der Waals surface area contributed by atoms with Gasteiger partial charge in [-0.05, 0) is 24.6 Å². The highest BCUT2D eigenvalue weighted by Gasteiger charge is 2.18. The Morgan fingerprint density at radius 3 is 2.83 bits per heavy atom. The lowest BCUT2D eigenvalue weighted by Crippen LogP contribution is -2.10. The minimum Gasteiger partial charge on any atom is -0.469 e. The molecule has 0 aliphatic carbocycles. The molecule has 3 rings (SSSR count). The van der Waals surface area contributed by atoms with Gasteiger partial charge in [0.2, 0.25) is 0 Å². The maximum atomic E-state index is 11.5. The van der Waals surface area contributed by atoms with Crippen molar-refractivity contribution in [1.82, 2.24) is 14.6 Å². The largest absolute Gasteiger partial charge is 0.469 e. The van der Waals surface area contributed by atoms with Gasteiger partial charge in [-0.25, -0.2) is 9.50 Å². The van der Waals surface area contributed by atoms with Crippen molar-refractivity contribution in [1.29, 1.82) is 0 Å². The Hall–Kier alpha value is -2.11. The molecule has 7 heteroatoms. The van der Waals surface area contributed by atoms with E-state index < -0.39 is 0 Å². The summed E-state index contributed by atoms with van der Waals surface area (Å²) in [6.45, 7) is 1.80. The van der Waals surface area contributed by atoms with Crippen molar-refractivity contribution >= 4 is 34.8 Å². The second-order valence-corrected chi connectivity index (χ2v) is 5.82. The van der Waals surface area contributed by atoms with E-state index in [0.29, 0.717) is 27.1 Å². The van der Waals surface area contributed by atoms with E-state index in [-0.39, 0.29) is 12.4 Å². The van der Waals surface area contributed by atoms with Crippen molar-refractivity contribution in [2.45, 2.75) is 13.3 Å². The monoisotopic (exact) mass is 349 g/mol. The van der Waals surface area contributed by atoms with Crippen molar-refractivity contribution in [3.05, 3.63) is 51.9 Å². The maximum absolute atomic E-state index is 11.5. The summed E-state index contributed by atoms with van der Waals surface area (Å²) in [6.07, 6.45) is 1.73. The van der Waals surface area contributed by atoms with Crippen LogP contribution >= 0.6 is 23.2 Å². The van der Waals surface area contributed by atoms with E-state index in [9.17, 15) is 4.79 Å². The Labute approximate surface area is 142 Å². The normalized spacial score (nSPS) is 11.0. The first-order chi connectivity index (χ1) is 11.0. The van der Waals surface area contributed by atoms with E-state index >= 15 is 0 Å². The second-order valence-electron chi connectivity index (χ2n) is 5.02. The van der Waals surface area contributed by atoms with Gasteiger partial charge in [0.05, 0.1) is 19.7 Å². The SMILES string of the molecule is COC(=O)Cc1c(C)nc2c(-c3cccc(Cl)c3)cnn2c1Cl. The lowest BCUT2D eigenvalue weighted by Gasteiger charge is -2.09. The Balaban J connectivity index is 2.17. The molecule has 2 aromatic heterocycles. The van der Waals surface area contributed by atoms with Gasteiger partial charge in [0, 0.05) is 21.8 Å². The molecule has 0 N–H and O–H groups in total. The minimum atomic E-state index is -0.377. The van der Waals surface area contributed by atoms with Crippen LogP contribution in [0, 0.1) is 6.92 Å². The van der Waals surface area contributed by atoms with Gasteiger partial charge in [0.1, 0.15) is 5.15 Å². The van der Waals surface area contributed by atoms with Crippen molar-refractivity contribution in [2.75, 3.05) is 7.11 Å². The Morgan fingerprint density at radius 2 is 2.13 bits per heavy atom. The molecule has 0 spiro atoms. The number of esters is 1. The average molecular weight is 350 g/mol. The Morgan fingerprint density at radius 1 is 1.35 bits per heavy atom. The molecule has 118 valence electrons. The highest BCUT2D eigenvalue weighted by atomic mass is 35.5. The average Bonchev–Trinajstić information content (AvgIpc) is 2.95. The standard InChI is InChI=1S/C16H13Cl2N3O2/c1-9-12(7-14(22)23-2)15(18)21-16(20-9)13(8-19-21)10-4-3-5-11(17)6-10/h3-6,8H,7H2,1-2H3. The third kappa shape index (κ3) is 2.90. The molecule has 0 saturated heterocycles. The number of methoxy groups -OCH3 is 1. The fourth-order valence-corrected chi connectivity index (χ4v) is 2.89. The molecule has 0 amide bonds. The highest BCUT2D eigenvalue weighted by molar-refractivity contribution is 6.31. The highest BCUT2D eigenvalue weighted by Crippen LogP contribution is 2.29. The number of aryl methyl sites for hydroxylation is 1. The molecule has 0 fully saturated rings. The zero-order chi connectivity index (χ0) is 16.6. The number of carbonyl (C=O) groups is 1. The first-order valence-electron chi connectivity index (χ1n) is 6.86. The number of ether oxygens (including phenoxy) is 1. The van der Waals surface area contributed by atoms with E-state index in [0.717, 1.165) is 11.1 Å². The molecule has 5 nitrogen and oxygen atoms in total. The summed E-state index contributed by atoms with van der Waals surface area (Å²) in [7, 11) is 1.34. The number of nitrogens with zero attached hydrogens (tertiary/aromatic N) is 3. The number of benzene rings is 1. The van der Waals surface area contributed by atoms with Crippen LogP contribution in [0.25, 0.3) is 16.8 Å². The lowest BCUT2D eigenvalue weighted by atomic mass is 10.1. The van der Waals surface area contributed by atoms with Gasteiger partial charge in [0.15, 0.2) is 5.65 Å². The number of rotatable bonds is 3. The first kappa shape index (κ1) is 15.8. The van der Waals surface area contributed by atoms with E-state index in [2.05, 4.69) is 10.1 Å². The van der Waals surface area contributed by atoms with Crippen molar-refractivity contribution in [2.24, 2.45) is 0 Å². The number of hydrogen-bond donors (Lipinski definition) is 0. The van der Waals surface area contributed by atoms with E-state index in [1.165, 1.54) is 11.6 Å². The molecule has 23 heavy (non-hydrogen) atoms. The molecule has 0 aliphatic heterocycles. The van der Waals surface area contributed by atoms with Gasteiger partial charge < -0.3 is 4.74 Å². The molecular weight excluding hydrogens is 337 g/mol. The second kappa shape index (κ2) is 6.18. The maximum Gasteiger partial charge on any atom is 0.310 e. The molecule has 3 aromatic rings. The Kier molecular flexibility index (Phi) is 4.24. The van der Waals surface area contributed by atoms with Crippen LogP contribution < -0.4 is 0 Å². The van der Waals surface area contributed by atoms with Crippen LogP contribution in [0.4, 0.5) is 0 Å². The quantitative estimate of drug-likeness (QED) is 0.534. The predicted octanol–water partition coefficient (Wildman–Crippen LogP) is 3.73. The van der Waals surface area contributed by atoms with Crippen LogP contribution in [-0.2, 0) is 16.0 Å². The molecule has 0 atom stereocenters. The number of aromatic nitrogens is 3. The summed E-state index contributed by atoms with van der Waals surface area (Å²) >= 11 is 12.5. The van der Waals surface area contributed by atoms with Crippen LogP contribution in [0.2, 0.25) is 10.2 Å². The summed E-state index contributed by atoms with van der Waals surface area (Å²) in [6, 6.07) is 7.43. The van der Waals surface area contributed by atoms with Gasteiger partial charge in [-0.2, -0.15) is 5.10 Å². The minimum absolute atomic E-state index is 0.0520. The summed E-state index contributed by atoms with van der Waals surface area (Å²) in [5.74, 6) is -0.377. The summed E-state index contributed by atoms with van der Waals surface area (Å²) in [5.41, 5.74) is 3.60. The van der Waals surface area contributed by atoms with Gasteiger partial charge in [-0.3, -0.25) is 4.79 Å². The van der Waals surface area contributed by atoms with E-state index in [4.69, 9.17) is 27.9 Å². The molecule has 2 heterocycles. The molecular formula is C16H13Cl2N3O2. The van der Waals surface area contributed by atoms with Crippen molar-refractivity contribution < 1.29 is 9.53 Å². The molecule has 0 radical (unpaired) electrons.